The van der Waals surface area contributed by atoms with Crippen molar-refractivity contribution >= 4 is 33.3 Å². The van der Waals surface area contributed by atoms with Crippen molar-refractivity contribution in [2.45, 2.75) is 26.2 Å². The SMILES string of the molecule is Cc1cc(-c2nc3cccnc3s2)ccc1NC(=O)CCCc1ccccc1. The topological polar surface area (TPSA) is 54.9 Å². The first kappa shape index (κ1) is 18.3. The smallest absolute Gasteiger partial charge is 0.224 e. The minimum atomic E-state index is 0.0518. The Kier molecular flexibility index (Phi) is 5.44. The third kappa shape index (κ3) is 4.26. The van der Waals surface area contributed by atoms with Gasteiger partial charge in [-0.1, -0.05) is 41.7 Å². The molecule has 140 valence electrons. The van der Waals surface area contributed by atoms with Crippen LogP contribution in [0.25, 0.3) is 20.9 Å². The quantitative estimate of drug-likeness (QED) is 0.467. The second-order valence-electron chi connectivity index (χ2n) is 6.76. The predicted molar refractivity (Wildman–Crippen MR) is 116 cm³/mol. The van der Waals surface area contributed by atoms with Crippen LogP contribution in [-0.2, 0) is 11.2 Å². The van der Waals surface area contributed by atoms with E-state index in [2.05, 4.69) is 33.5 Å². The molecule has 2 aromatic heterocycles. The predicted octanol–water partition coefficient (Wildman–Crippen LogP) is 5.63. The minimum Gasteiger partial charge on any atom is -0.326 e. The van der Waals surface area contributed by atoms with Gasteiger partial charge in [0.25, 0.3) is 0 Å². The standard InChI is InChI=1S/C23H21N3OS/c1-16-15-18(22-26-20-10-6-14-24-23(20)28-22)12-13-19(16)25-21(27)11-5-9-17-7-3-2-4-8-17/h2-4,6-8,10,12-15H,5,9,11H2,1H3,(H,25,27). The molecule has 0 aliphatic rings. The van der Waals surface area contributed by atoms with Crippen LogP contribution in [0, 0.1) is 6.92 Å². The van der Waals surface area contributed by atoms with E-state index in [-0.39, 0.29) is 5.91 Å². The Balaban J connectivity index is 1.39. The van der Waals surface area contributed by atoms with E-state index in [4.69, 9.17) is 0 Å². The van der Waals surface area contributed by atoms with Gasteiger partial charge in [0, 0.05) is 23.9 Å². The highest BCUT2D eigenvalue weighted by molar-refractivity contribution is 7.21. The van der Waals surface area contributed by atoms with Gasteiger partial charge in [-0.15, -0.1) is 0 Å². The van der Waals surface area contributed by atoms with Crippen molar-refractivity contribution in [1.29, 1.82) is 0 Å². The first-order chi connectivity index (χ1) is 13.7. The Labute approximate surface area is 168 Å². The summed E-state index contributed by atoms with van der Waals surface area (Å²) in [5, 5.41) is 3.98. The highest BCUT2D eigenvalue weighted by atomic mass is 32.1. The Bertz CT molecular complexity index is 1070. The molecule has 0 bridgehead atoms. The number of pyridine rings is 1. The molecule has 4 rings (SSSR count). The number of aromatic nitrogens is 2. The van der Waals surface area contributed by atoms with E-state index in [1.54, 1.807) is 17.5 Å². The maximum atomic E-state index is 12.3. The molecule has 4 aromatic rings. The molecule has 0 radical (unpaired) electrons. The van der Waals surface area contributed by atoms with Crippen molar-refractivity contribution in [3.63, 3.8) is 0 Å². The van der Waals surface area contributed by atoms with Crippen molar-refractivity contribution in [2.75, 3.05) is 5.32 Å². The van der Waals surface area contributed by atoms with Crippen molar-refractivity contribution in [3.05, 3.63) is 78.0 Å². The van der Waals surface area contributed by atoms with Crippen LogP contribution in [0.2, 0.25) is 0 Å². The first-order valence-corrected chi connectivity index (χ1v) is 10.2. The fourth-order valence-corrected chi connectivity index (χ4v) is 4.04. The minimum absolute atomic E-state index is 0.0518. The molecule has 0 aliphatic carbocycles. The van der Waals surface area contributed by atoms with Gasteiger partial charge in [0.15, 0.2) is 0 Å². The summed E-state index contributed by atoms with van der Waals surface area (Å²) < 4.78 is 0. The molecule has 28 heavy (non-hydrogen) atoms. The van der Waals surface area contributed by atoms with Gasteiger partial charge in [0.1, 0.15) is 15.4 Å². The Morgan fingerprint density at radius 1 is 1.07 bits per heavy atom. The lowest BCUT2D eigenvalue weighted by molar-refractivity contribution is -0.116. The molecule has 0 saturated heterocycles. The summed E-state index contributed by atoms with van der Waals surface area (Å²) in [6.45, 7) is 2.01. The number of hydrogen-bond acceptors (Lipinski definition) is 4. The van der Waals surface area contributed by atoms with E-state index in [1.165, 1.54) is 5.56 Å². The number of carbonyl (C=O) groups is 1. The van der Waals surface area contributed by atoms with Crippen LogP contribution in [0.4, 0.5) is 5.69 Å². The van der Waals surface area contributed by atoms with Crippen LogP contribution < -0.4 is 5.32 Å². The molecule has 0 spiro atoms. The third-order valence-corrected chi connectivity index (χ3v) is 5.65. The van der Waals surface area contributed by atoms with Gasteiger partial charge in [-0.05, 0) is 61.2 Å². The van der Waals surface area contributed by atoms with Crippen molar-refractivity contribution in [1.82, 2.24) is 9.97 Å². The first-order valence-electron chi connectivity index (χ1n) is 9.35. The fourth-order valence-electron chi connectivity index (χ4n) is 3.14. The molecule has 1 N–H and O–H groups in total. The normalized spacial score (nSPS) is 10.9. The molecule has 0 unspecified atom stereocenters. The Morgan fingerprint density at radius 2 is 1.93 bits per heavy atom. The number of amides is 1. The second kappa shape index (κ2) is 8.31. The molecular formula is C23H21N3OS. The van der Waals surface area contributed by atoms with Crippen LogP contribution in [0.5, 0.6) is 0 Å². The van der Waals surface area contributed by atoms with Crippen molar-refractivity contribution in [3.8, 4) is 10.6 Å². The Hall–Kier alpha value is -3.05. The van der Waals surface area contributed by atoms with Crippen LogP contribution in [0.15, 0.2) is 66.9 Å². The number of anilines is 1. The average molecular weight is 388 g/mol. The number of nitrogens with zero attached hydrogens (tertiary/aromatic N) is 2. The zero-order chi connectivity index (χ0) is 19.3. The van der Waals surface area contributed by atoms with Crippen LogP contribution in [0.1, 0.15) is 24.0 Å². The number of benzene rings is 2. The van der Waals surface area contributed by atoms with Crippen molar-refractivity contribution in [2.24, 2.45) is 0 Å². The third-order valence-electron chi connectivity index (χ3n) is 4.63. The summed E-state index contributed by atoms with van der Waals surface area (Å²) in [4.78, 5) is 22.2. The Morgan fingerprint density at radius 3 is 2.71 bits per heavy atom. The van der Waals surface area contributed by atoms with Gasteiger partial charge in [0.05, 0.1) is 0 Å². The highest BCUT2D eigenvalue weighted by Crippen LogP contribution is 2.31. The monoisotopic (exact) mass is 387 g/mol. The number of aryl methyl sites for hydroxylation is 2. The van der Waals surface area contributed by atoms with Crippen molar-refractivity contribution < 1.29 is 4.79 Å². The number of rotatable bonds is 6. The number of hydrogen-bond donors (Lipinski definition) is 1. The molecule has 2 heterocycles. The van der Waals surface area contributed by atoms with E-state index < -0.39 is 0 Å². The molecule has 0 fully saturated rings. The van der Waals surface area contributed by atoms with Gasteiger partial charge in [-0.3, -0.25) is 4.79 Å². The van der Waals surface area contributed by atoms with Gasteiger partial charge in [-0.2, -0.15) is 0 Å². The van der Waals surface area contributed by atoms with Gasteiger partial charge < -0.3 is 5.32 Å². The number of fused-ring (bicyclic) bond motifs is 1. The average Bonchev–Trinajstić information content (AvgIpc) is 3.14. The summed E-state index contributed by atoms with van der Waals surface area (Å²) in [5.41, 5.74) is 5.11. The van der Waals surface area contributed by atoms with Crippen LogP contribution >= 0.6 is 11.3 Å². The molecule has 0 atom stereocenters. The molecule has 1 amide bonds. The lowest BCUT2D eigenvalue weighted by atomic mass is 10.1. The molecule has 5 heteroatoms. The van der Waals surface area contributed by atoms with E-state index in [0.717, 1.165) is 45.0 Å². The number of nitrogens with one attached hydrogen (secondary N) is 1. The van der Waals surface area contributed by atoms with E-state index in [0.29, 0.717) is 6.42 Å². The lowest BCUT2D eigenvalue weighted by Gasteiger charge is -2.09. The lowest BCUT2D eigenvalue weighted by Crippen LogP contribution is -2.12. The largest absolute Gasteiger partial charge is 0.326 e. The summed E-state index contributed by atoms with van der Waals surface area (Å²) in [6.07, 6.45) is 4.05. The van der Waals surface area contributed by atoms with E-state index >= 15 is 0 Å². The fraction of sp³-hybridized carbons (Fsp3) is 0.174. The van der Waals surface area contributed by atoms with Gasteiger partial charge >= 0.3 is 0 Å². The summed E-state index contributed by atoms with van der Waals surface area (Å²) in [5.74, 6) is 0.0518. The van der Waals surface area contributed by atoms with Gasteiger partial charge in [0.2, 0.25) is 5.91 Å². The number of carbonyl (C=O) groups excluding carboxylic acids is 1. The maximum absolute atomic E-state index is 12.3. The molecule has 0 aliphatic heterocycles. The zero-order valence-corrected chi connectivity index (χ0v) is 16.5. The molecule has 0 saturated carbocycles. The molecular weight excluding hydrogens is 366 g/mol. The van der Waals surface area contributed by atoms with Crippen LogP contribution in [-0.4, -0.2) is 15.9 Å². The summed E-state index contributed by atoms with van der Waals surface area (Å²) in [6, 6.07) is 20.2. The van der Waals surface area contributed by atoms with E-state index in [1.807, 2.05) is 49.4 Å². The van der Waals surface area contributed by atoms with Crippen LogP contribution in [0.3, 0.4) is 0 Å². The number of thiazole rings is 1. The van der Waals surface area contributed by atoms with E-state index in [9.17, 15) is 4.79 Å². The zero-order valence-electron chi connectivity index (χ0n) is 15.7. The maximum Gasteiger partial charge on any atom is 0.224 e. The molecule has 2 aromatic carbocycles. The second-order valence-corrected chi connectivity index (χ2v) is 7.74. The molecule has 4 nitrogen and oxygen atoms in total. The van der Waals surface area contributed by atoms with Gasteiger partial charge in [-0.25, -0.2) is 9.97 Å². The summed E-state index contributed by atoms with van der Waals surface area (Å²) in [7, 11) is 0. The highest BCUT2D eigenvalue weighted by Gasteiger charge is 2.10. The summed E-state index contributed by atoms with van der Waals surface area (Å²) >= 11 is 1.58.